The Morgan fingerprint density at radius 2 is 1.92 bits per heavy atom. The highest BCUT2D eigenvalue weighted by Gasteiger charge is 1.98. The molecule has 2 nitrogen and oxygen atoms in total. The number of rotatable bonds is 4. The van der Waals surface area contributed by atoms with Gasteiger partial charge in [0.15, 0.2) is 0 Å². The second-order valence-corrected chi connectivity index (χ2v) is 3.15. The molecule has 0 aromatic heterocycles. The van der Waals surface area contributed by atoms with Crippen molar-refractivity contribution >= 4 is 6.41 Å². The van der Waals surface area contributed by atoms with Crippen LogP contribution in [-0.4, -0.2) is 17.9 Å². The minimum absolute atomic E-state index is 0.709. The number of nitrogens with zero attached hydrogens (tertiary/aromatic N) is 1. The van der Waals surface area contributed by atoms with E-state index < -0.39 is 0 Å². The molecular formula is C11H15NO. The van der Waals surface area contributed by atoms with Gasteiger partial charge in [-0.15, -0.1) is 0 Å². The Kier molecular flexibility index (Phi) is 3.50. The van der Waals surface area contributed by atoms with Crippen molar-refractivity contribution in [1.29, 1.82) is 0 Å². The Balaban J connectivity index is 2.63. The molecule has 0 spiro atoms. The first-order chi connectivity index (χ1) is 6.26. The first kappa shape index (κ1) is 9.78. The average molecular weight is 177 g/mol. The number of amides is 1. The van der Waals surface area contributed by atoms with Crippen LogP contribution < -0.4 is 0 Å². The summed E-state index contributed by atoms with van der Waals surface area (Å²) >= 11 is 0. The summed E-state index contributed by atoms with van der Waals surface area (Å²) in [5.41, 5.74) is 2.43. The average Bonchev–Trinajstić information content (AvgIpc) is 2.17. The standard InChI is InChI=1S/C11H15NO/c1-3-12(9-13)8-11-6-4-10(2)5-7-11/h4-7,9H,3,8H2,1-2H3. The van der Waals surface area contributed by atoms with Gasteiger partial charge >= 0.3 is 0 Å². The minimum atomic E-state index is 0.709. The normalized spacial score (nSPS) is 9.69. The van der Waals surface area contributed by atoms with Crippen molar-refractivity contribution in [1.82, 2.24) is 4.90 Å². The molecule has 0 aliphatic rings. The fourth-order valence-electron chi connectivity index (χ4n) is 1.15. The van der Waals surface area contributed by atoms with Crippen molar-refractivity contribution in [3.8, 4) is 0 Å². The van der Waals surface area contributed by atoms with Crippen molar-refractivity contribution in [2.24, 2.45) is 0 Å². The van der Waals surface area contributed by atoms with E-state index in [2.05, 4.69) is 31.2 Å². The summed E-state index contributed by atoms with van der Waals surface area (Å²) in [6, 6.07) is 8.24. The second kappa shape index (κ2) is 4.65. The van der Waals surface area contributed by atoms with Crippen molar-refractivity contribution in [3.63, 3.8) is 0 Å². The first-order valence-corrected chi connectivity index (χ1v) is 4.51. The maximum absolute atomic E-state index is 10.5. The molecule has 1 aromatic carbocycles. The van der Waals surface area contributed by atoms with Gasteiger partial charge in [0.05, 0.1) is 0 Å². The summed E-state index contributed by atoms with van der Waals surface area (Å²) in [6.45, 7) is 5.50. The number of aryl methyl sites for hydroxylation is 1. The summed E-state index contributed by atoms with van der Waals surface area (Å²) < 4.78 is 0. The molecule has 0 atom stereocenters. The van der Waals surface area contributed by atoms with Crippen LogP contribution in [0.3, 0.4) is 0 Å². The van der Waals surface area contributed by atoms with Gasteiger partial charge in [-0.3, -0.25) is 4.79 Å². The fraction of sp³-hybridized carbons (Fsp3) is 0.364. The van der Waals surface area contributed by atoms with Crippen LogP contribution in [0.25, 0.3) is 0 Å². The summed E-state index contributed by atoms with van der Waals surface area (Å²) in [4.78, 5) is 12.3. The van der Waals surface area contributed by atoms with Crippen molar-refractivity contribution in [2.75, 3.05) is 6.54 Å². The molecule has 2 heteroatoms. The van der Waals surface area contributed by atoms with Gasteiger partial charge in [0.2, 0.25) is 6.41 Å². The number of benzene rings is 1. The van der Waals surface area contributed by atoms with Crippen molar-refractivity contribution in [3.05, 3.63) is 35.4 Å². The zero-order valence-electron chi connectivity index (χ0n) is 8.16. The molecule has 0 bridgehead atoms. The van der Waals surface area contributed by atoms with Crippen LogP contribution in [0.5, 0.6) is 0 Å². The lowest BCUT2D eigenvalue weighted by Crippen LogP contribution is -2.20. The SMILES string of the molecule is CCN(C=O)Cc1ccc(C)cc1. The van der Waals surface area contributed by atoms with Crippen LogP contribution in [-0.2, 0) is 11.3 Å². The van der Waals surface area contributed by atoms with E-state index in [1.807, 2.05) is 6.92 Å². The second-order valence-electron chi connectivity index (χ2n) is 3.15. The van der Waals surface area contributed by atoms with Gasteiger partial charge < -0.3 is 4.90 Å². The highest BCUT2D eigenvalue weighted by atomic mass is 16.1. The van der Waals surface area contributed by atoms with Crippen LogP contribution >= 0.6 is 0 Å². The van der Waals surface area contributed by atoms with Gasteiger partial charge in [-0.2, -0.15) is 0 Å². The monoisotopic (exact) mass is 177 g/mol. The maximum atomic E-state index is 10.5. The summed E-state index contributed by atoms with van der Waals surface area (Å²) in [5, 5.41) is 0. The van der Waals surface area contributed by atoms with Crippen LogP contribution in [0.1, 0.15) is 18.1 Å². The molecule has 1 amide bonds. The van der Waals surface area contributed by atoms with Gasteiger partial charge in [0.25, 0.3) is 0 Å². The number of carbonyl (C=O) groups excluding carboxylic acids is 1. The Morgan fingerprint density at radius 1 is 1.31 bits per heavy atom. The molecule has 0 saturated carbocycles. The summed E-state index contributed by atoms with van der Waals surface area (Å²) in [5.74, 6) is 0. The van der Waals surface area contributed by atoms with E-state index in [1.165, 1.54) is 11.1 Å². The van der Waals surface area contributed by atoms with E-state index in [-0.39, 0.29) is 0 Å². The van der Waals surface area contributed by atoms with Crippen molar-refractivity contribution in [2.45, 2.75) is 20.4 Å². The van der Waals surface area contributed by atoms with Gasteiger partial charge in [-0.25, -0.2) is 0 Å². The number of hydrogen-bond acceptors (Lipinski definition) is 1. The van der Waals surface area contributed by atoms with Crippen LogP contribution in [0.2, 0.25) is 0 Å². The maximum Gasteiger partial charge on any atom is 0.209 e. The van der Waals surface area contributed by atoms with E-state index in [4.69, 9.17) is 0 Å². The quantitative estimate of drug-likeness (QED) is 0.644. The predicted molar refractivity (Wildman–Crippen MR) is 53.3 cm³/mol. The Morgan fingerprint density at radius 3 is 2.38 bits per heavy atom. The minimum Gasteiger partial charge on any atom is -0.341 e. The third-order valence-electron chi connectivity index (χ3n) is 2.06. The van der Waals surface area contributed by atoms with Gasteiger partial charge in [0.1, 0.15) is 0 Å². The zero-order valence-corrected chi connectivity index (χ0v) is 8.16. The summed E-state index contributed by atoms with van der Waals surface area (Å²) in [6.07, 6.45) is 0.889. The van der Waals surface area contributed by atoms with Crippen LogP contribution in [0, 0.1) is 6.92 Å². The highest BCUT2D eigenvalue weighted by Crippen LogP contribution is 2.05. The fourth-order valence-corrected chi connectivity index (χ4v) is 1.15. The predicted octanol–water partition coefficient (Wildman–Crippen LogP) is 1.97. The number of carbonyl (C=O) groups is 1. The molecule has 0 saturated heterocycles. The molecule has 13 heavy (non-hydrogen) atoms. The molecule has 1 rings (SSSR count). The lowest BCUT2D eigenvalue weighted by molar-refractivity contribution is -0.118. The van der Waals surface area contributed by atoms with E-state index in [9.17, 15) is 4.79 Å². The van der Waals surface area contributed by atoms with Crippen LogP contribution in [0.15, 0.2) is 24.3 Å². The Labute approximate surface area is 79.2 Å². The third kappa shape index (κ3) is 2.90. The van der Waals surface area contributed by atoms with Crippen molar-refractivity contribution < 1.29 is 4.79 Å². The molecule has 0 aliphatic heterocycles. The molecule has 0 radical (unpaired) electrons. The van der Waals surface area contributed by atoms with E-state index >= 15 is 0 Å². The molecule has 0 heterocycles. The highest BCUT2D eigenvalue weighted by molar-refractivity contribution is 5.47. The topological polar surface area (TPSA) is 20.3 Å². The number of hydrogen-bond donors (Lipinski definition) is 0. The van der Waals surface area contributed by atoms with E-state index in [1.54, 1.807) is 4.90 Å². The molecule has 0 aliphatic carbocycles. The van der Waals surface area contributed by atoms with E-state index in [0.29, 0.717) is 6.54 Å². The Bertz CT molecular complexity index is 266. The molecule has 1 aromatic rings. The third-order valence-corrected chi connectivity index (χ3v) is 2.06. The largest absolute Gasteiger partial charge is 0.341 e. The Hall–Kier alpha value is -1.31. The van der Waals surface area contributed by atoms with Crippen LogP contribution in [0.4, 0.5) is 0 Å². The smallest absolute Gasteiger partial charge is 0.209 e. The lowest BCUT2D eigenvalue weighted by Gasteiger charge is -2.14. The summed E-state index contributed by atoms with van der Waals surface area (Å²) in [7, 11) is 0. The molecule has 0 unspecified atom stereocenters. The van der Waals surface area contributed by atoms with Gasteiger partial charge in [-0.05, 0) is 19.4 Å². The molecule has 0 N–H and O–H groups in total. The van der Waals surface area contributed by atoms with E-state index in [0.717, 1.165) is 13.0 Å². The first-order valence-electron chi connectivity index (χ1n) is 4.51. The van der Waals surface area contributed by atoms with Gasteiger partial charge in [0, 0.05) is 13.1 Å². The molecule has 70 valence electrons. The zero-order chi connectivity index (χ0) is 9.68. The van der Waals surface area contributed by atoms with Gasteiger partial charge in [-0.1, -0.05) is 29.8 Å². The molecule has 0 fully saturated rings. The molecular weight excluding hydrogens is 162 g/mol. The lowest BCUT2D eigenvalue weighted by atomic mass is 10.1.